The molecule has 40 heteroatoms. The van der Waals surface area contributed by atoms with Crippen LogP contribution in [0, 0.1) is 17.8 Å². The number of unbranched alkanes of at least 4 members (excludes halogenated alkanes) is 1. The molecule has 1 fully saturated rings. The number of nitrogens with zero attached hydrogens (tertiary/aromatic N) is 1. The first kappa shape index (κ1) is 99.0. The van der Waals surface area contributed by atoms with Crippen LogP contribution in [-0.4, -0.2) is 236 Å². The summed E-state index contributed by atoms with van der Waals surface area (Å²) < 4.78 is 0. The molecule has 0 aromatic heterocycles. The maximum absolute atomic E-state index is 15.2. The summed E-state index contributed by atoms with van der Waals surface area (Å²) in [6, 6.07) is -9.14. The molecule has 1 saturated heterocycles. The molecule has 24 N–H and O–H groups in total. The lowest BCUT2D eigenvalue weighted by Crippen LogP contribution is -2.65. The van der Waals surface area contributed by atoms with Crippen LogP contribution in [-0.2, 0) is 97.5 Å². The third kappa shape index (κ3) is 33.3. The maximum atomic E-state index is 15.2. The fourth-order valence-corrected chi connectivity index (χ4v) is 12.9. The van der Waals surface area contributed by atoms with E-state index in [1.807, 2.05) is 0 Å². The number of aliphatic carboxylic acids is 2. The molecule has 17 amide bonds. The molecule has 15 atom stereocenters. The number of rotatable bonds is 41. The van der Waals surface area contributed by atoms with Gasteiger partial charge >= 0.3 is 11.9 Å². The van der Waals surface area contributed by atoms with Gasteiger partial charge in [-0.05, 0) is 127 Å². The Morgan fingerprint density at radius 3 is 1.68 bits per heavy atom. The molecule has 646 valence electrons. The number of hydrogen-bond acceptors (Lipinski definition) is 21. The maximum Gasteiger partial charge on any atom is 0.305 e. The highest BCUT2D eigenvalue weighted by molar-refractivity contribution is 6.03. The van der Waals surface area contributed by atoms with Gasteiger partial charge in [-0.15, -0.1) is 0 Å². The number of aliphatic hydroxyl groups excluding tert-OH is 1. The molecule has 116 heavy (non-hydrogen) atoms. The Bertz CT molecular complexity index is 3680. The average molecular weight is 1640 g/mol. The van der Waals surface area contributed by atoms with Crippen LogP contribution in [0.2, 0.25) is 0 Å². The van der Waals surface area contributed by atoms with Crippen LogP contribution >= 0.6 is 0 Å². The summed E-state index contributed by atoms with van der Waals surface area (Å²) in [6.07, 6.45) is 0.845. The zero-order valence-corrected chi connectivity index (χ0v) is 67.4. The van der Waals surface area contributed by atoms with Gasteiger partial charge in [-0.2, -0.15) is 0 Å². The predicted octanol–water partition coefficient (Wildman–Crippen LogP) is -4.30. The average Bonchev–Trinajstić information content (AvgIpc) is 1.12. The second kappa shape index (κ2) is 48.9. The first-order chi connectivity index (χ1) is 54.5. The van der Waals surface area contributed by atoms with Gasteiger partial charge in [-0.1, -0.05) is 96.9 Å². The zero-order valence-electron chi connectivity index (χ0n) is 67.4. The molecule has 2 heterocycles. The number of carboxylic acids is 2. The summed E-state index contributed by atoms with van der Waals surface area (Å²) >= 11 is 0. The van der Waals surface area contributed by atoms with Crippen molar-refractivity contribution in [2.24, 2.45) is 40.7 Å². The Morgan fingerprint density at radius 1 is 0.595 bits per heavy atom. The number of nitrogens with one attached hydrogen (secondary N) is 13. The number of carboxylic acid groups (broad SMARTS) is 2. The highest BCUT2D eigenvalue weighted by Crippen LogP contribution is 2.23. The Balaban J connectivity index is 2.09. The number of carbonyl (C=O) groups excluding carboxylic acids is 17. The van der Waals surface area contributed by atoms with Crippen molar-refractivity contribution in [3.8, 4) is 0 Å². The molecule has 2 aliphatic heterocycles. The monoisotopic (exact) mass is 1640 g/mol. The quantitative estimate of drug-likeness (QED) is 0.0218. The van der Waals surface area contributed by atoms with Crippen molar-refractivity contribution in [3.05, 3.63) is 48.0 Å². The van der Waals surface area contributed by atoms with E-state index in [9.17, 15) is 102 Å². The minimum absolute atomic E-state index is 0.101. The van der Waals surface area contributed by atoms with Crippen molar-refractivity contribution in [3.63, 3.8) is 0 Å². The minimum Gasteiger partial charge on any atom is -0.481 e. The third-order valence-electron chi connectivity index (χ3n) is 20.1. The second-order valence-corrected chi connectivity index (χ2v) is 30.3. The van der Waals surface area contributed by atoms with E-state index in [0.29, 0.717) is 31.4 Å². The number of aliphatic hydroxyl groups is 1. The van der Waals surface area contributed by atoms with Crippen molar-refractivity contribution >= 4 is 112 Å². The normalized spacial score (nSPS) is 21.7. The molecule has 2 aliphatic rings. The SMILES string of the molecule is CC[C@H](C)[C@@H]1NC(=O)[C@H](CC(N)=O)NC(=O)[C@@](C)(NC(=O)CNC(=O)[C@H](CO)NC(=O)[C@@H]2CCCN2C(C)=O)CCC/C=C/CCC[C@@](C)(C(=O)N[C@@H](CC(N)=O)C(=O)N[C@@H](CC(C)C)C(=O)N[C@@H](Cc2ccccc2)C(=O)N[C@@H](CCCCN)C(=O)N[C@@H](CCC(=O)O)C(=O)N[C@@H](CC(=O)O)C(N)=O)NC(=O)[C@H]([C@@H](C)CC)NC1=O. The Hall–Kier alpha value is -11.2. The summed E-state index contributed by atoms with van der Waals surface area (Å²) in [6.45, 7) is 12.6. The van der Waals surface area contributed by atoms with Gasteiger partial charge < -0.3 is 112 Å². The first-order valence-corrected chi connectivity index (χ1v) is 39.1. The number of nitrogens with two attached hydrogens (primary N) is 4. The van der Waals surface area contributed by atoms with Crippen LogP contribution in [0.25, 0.3) is 0 Å². The molecule has 1 aromatic rings. The van der Waals surface area contributed by atoms with Crippen molar-refractivity contribution in [1.29, 1.82) is 0 Å². The lowest BCUT2D eigenvalue weighted by molar-refractivity contribution is -0.141. The molecule has 1 aromatic carbocycles. The smallest absolute Gasteiger partial charge is 0.305 e. The minimum atomic E-state index is -2.04. The van der Waals surface area contributed by atoms with Gasteiger partial charge in [-0.25, -0.2) is 0 Å². The molecule has 0 unspecified atom stereocenters. The van der Waals surface area contributed by atoms with E-state index in [0.717, 1.165) is 0 Å². The van der Waals surface area contributed by atoms with E-state index >= 15 is 4.79 Å². The van der Waals surface area contributed by atoms with Gasteiger partial charge in [-0.3, -0.25) is 91.1 Å². The summed E-state index contributed by atoms with van der Waals surface area (Å²) in [7, 11) is 0. The first-order valence-electron chi connectivity index (χ1n) is 39.1. The van der Waals surface area contributed by atoms with Crippen LogP contribution in [0.4, 0.5) is 0 Å². The van der Waals surface area contributed by atoms with E-state index in [1.54, 1.807) is 84.0 Å². The molecule has 3 rings (SSSR count). The van der Waals surface area contributed by atoms with Crippen LogP contribution in [0.15, 0.2) is 42.5 Å². The van der Waals surface area contributed by atoms with Gasteiger partial charge in [0, 0.05) is 26.3 Å². The number of hydrogen-bond donors (Lipinski definition) is 20. The van der Waals surface area contributed by atoms with Gasteiger partial charge in [0.2, 0.25) is 100 Å². The van der Waals surface area contributed by atoms with Crippen molar-refractivity contribution in [2.45, 2.75) is 268 Å². The Labute approximate surface area is 673 Å². The van der Waals surface area contributed by atoms with E-state index < -0.39 is 247 Å². The summed E-state index contributed by atoms with van der Waals surface area (Å²) in [5.41, 5.74) is 18.9. The number of carbonyl (C=O) groups is 19. The Kier molecular flexibility index (Phi) is 41.7. The molecule has 0 radical (unpaired) electrons. The van der Waals surface area contributed by atoms with Gasteiger partial charge in [0.05, 0.1) is 32.4 Å². The standard InChI is InChI=1S/C76H120N18O22/c1-10-42(5)60-71(113)91-61(43(6)11-2)72(114)93-76(9,31-21-15-13-12-14-20-30-75(8,73(115)89-52(37-56(79)98)69(111)90-60)92-57(99)39-81-63(105)53(40-95)87-70(112)54-27-23-33-94(54)44(7)96)74(116)88-51(36-55(78)97)68(110)85-49(34-41(3)4)66(108)86-50(35-45-24-17-16-18-25-45)67(109)82-46(26-19-22-32-77)64(106)83-47(28-29-58(100)101)65(107)84-48(62(80)104)38-59(102)103/h12-13,16-18,24-25,41-43,46-54,60-61,95H,10-11,14-15,19-23,26-40,77H2,1-9H3,(H2,78,97)(H2,79,98)(H2,80,104)(H,81,105)(H,82,109)(H,83,106)(H,84,107)(H,85,110)(H,86,108)(H,87,112)(H,88,116)(H,89,115)(H,90,111)(H,91,113)(H,92,99)(H,93,114)(H,100,101)(H,102,103)/b13-12+/t42-,43-,46-,47-,48-,49-,50-,51-,52-,53-,54-,60-,61-,75-,76-/m0/s1. The van der Waals surface area contributed by atoms with Crippen LogP contribution in [0.5, 0.6) is 0 Å². The predicted molar refractivity (Wildman–Crippen MR) is 417 cm³/mol. The van der Waals surface area contributed by atoms with Crippen molar-refractivity contribution < 1.29 is 106 Å². The second-order valence-electron chi connectivity index (χ2n) is 30.3. The fraction of sp³-hybridized carbons (Fsp3) is 0.645. The van der Waals surface area contributed by atoms with Crippen LogP contribution < -0.4 is 92.1 Å². The number of amides is 17. The summed E-state index contributed by atoms with van der Waals surface area (Å²) in [5.74, 6) is -21.7. The molecule has 40 nitrogen and oxygen atoms in total. The topological polar surface area (TPSA) is 649 Å². The number of allylic oxidation sites excluding steroid dienone is 2. The molecule has 0 aliphatic carbocycles. The highest BCUT2D eigenvalue weighted by Gasteiger charge is 2.44. The van der Waals surface area contributed by atoms with E-state index in [2.05, 4.69) is 69.1 Å². The van der Waals surface area contributed by atoms with Gasteiger partial charge in [0.15, 0.2) is 0 Å². The van der Waals surface area contributed by atoms with Crippen molar-refractivity contribution in [1.82, 2.24) is 74.0 Å². The molecule has 0 spiro atoms. The van der Waals surface area contributed by atoms with Crippen LogP contribution in [0.3, 0.4) is 0 Å². The Morgan fingerprint density at radius 2 is 1.14 bits per heavy atom. The molecule has 0 bridgehead atoms. The summed E-state index contributed by atoms with van der Waals surface area (Å²) in [5, 5.41) is 61.7. The largest absolute Gasteiger partial charge is 0.481 e. The lowest BCUT2D eigenvalue weighted by Gasteiger charge is -2.35. The number of likely N-dealkylation sites (tertiary alicyclic amines) is 1. The van der Waals surface area contributed by atoms with Gasteiger partial charge in [0.1, 0.15) is 77.5 Å². The lowest BCUT2D eigenvalue weighted by atomic mass is 9.90. The number of primary amides is 3. The zero-order chi connectivity index (χ0) is 87.3. The van der Waals surface area contributed by atoms with E-state index in [4.69, 9.17) is 22.9 Å². The van der Waals surface area contributed by atoms with Crippen molar-refractivity contribution in [2.75, 3.05) is 26.2 Å². The number of benzene rings is 1. The van der Waals surface area contributed by atoms with Crippen LogP contribution in [0.1, 0.15) is 190 Å². The molecular formula is C76H120N18O22. The molecular weight excluding hydrogens is 1520 g/mol. The third-order valence-corrected chi connectivity index (χ3v) is 20.1. The molecule has 0 saturated carbocycles. The summed E-state index contributed by atoms with van der Waals surface area (Å²) in [4.78, 5) is 261. The van der Waals surface area contributed by atoms with E-state index in [1.165, 1.54) is 25.7 Å². The van der Waals surface area contributed by atoms with Gasteiger partial charge in [0.25, 0.3) is 0 Å². The fourth-order valence-electron chi connectivity index (χ4n) is 12.9. The highest BCUT2D eigenvalue weighted by atomic mass is 16.4. The van der Waals surface area contributed by atoms with E-state index in [-0.39, 0.29) is 89.5 Å².